The number of amides is 2. The molecular formula is C57H117N5O2. The van der Waals surface area contributed by atoms with E-state index in [9.17, 15) is 9.59 Å². The van der Waals surface area contributed by atoms with E-state index in [1.165, 1.54) is 251 Å². The summed E-state index contributed by atoms with van der Waals surface area (Å²) in [5, 5.41) is 0. The summed E-state index contributed by atoms with van der Waals surface area (Å²) in [6.07, 6.45) is 49.0. The van der Waals surface area contributed by atoms with Gasteiger partial charge in [0.2, 0.25) is 12.3 Å². The lowest BCUT2D eigenvalue weighted by molar-refractivity contribution is -0.136. The molecule has 0 unspecified atom stereocenters. The molecule has 2 amide bonds. The average molecular weight is 905 g/mol. The second-order valence-electron chi connectivity index (χ2n) is 20.4. The smallest absolute Gasteiger partial charge is 0.236 e. The molecule has 0 aromatic carbocycles. The van der Waals surface area contributed by atoms with Crippen molar-refractivity contribution < 1.29 is 9.59 Å². The molecule has 1 saturated heterocycles. The molecule has 0 saturated carbocycles. The fraction of sp³-hybridized carbons (Fsp3) is 0.965. The molecule has 0 aromatic heterocycles. The molecule has 382 valence electrons. The van der Waals surface area contributed by atoms with Crippen LogP contribution in [0.4, 0.5) is 0 Å². The Morgan fingerprint density at radius 3 is 0.984 bits per heavy atom. The van der Waals surface area contributed by atoms with E-state index in [-0.39, 0.29) is 5.91 Å². The van der Waals surface area contributed by atoms with Gasteiger partial charge >= 0.3 is 0 Å². The van der Waals surface area contributed by atoms with E-state index in [2.05, 4.69) is 63.2 Å². The first-order valence-corrected chi connectivity index (χ1v) is 29.0. The summed E-state index contributed by atoms with van der Waals surface area (Å²) in [6.45, 7) is 27.5. The molecule has 0 N–H and O–H groups in total. The van der Waals surface area contributed by atoms with Crippen molar-refractivity contribution >= 4 is 12.3 Å². The van der Waals surface area contributed by atoms with Crippen LogP contribution in [0.2, 0.25) is 0 Å². The average Bonchev–Trinajstić information content (AvgIpc) is 3.30. The minimum Gasteiger partial charge on any atom is -0.342 e. The molecule has 7 nitrogen and oxygen atoms in total. The number of nitrogens with zero attached hydrogens (tertiary/aromatic N) is 5. The molecule has 0 radical (unpaired) electrons. The van der Waals surface area contributed by atoms with Crippen molar-refractivity contribution in [3.63, 3.8) is 0 Å². The van der Waals surface area contributed by atoms with Crippen LogP contribution in [-0.4, -0.2) is 121 Å². The standard InChI is InChI=1S/C36H72N4O2.C21H45N/c1-4-7-10-13-16-19-22-25-37(26-23-20-17-14-11-8-5-2)28-29-38(27-24-21-18-15-12-9-6-3)34-36(42)40-32-30-39(35-41)31-33-40;1-5-7-9-11-13-15-17-19-22(21(3)4)20-18-16-14-12-10-8-6-2/h35H,4-34H2,1-3H3;21H,5-20H2,1-4H3. The second kappa shape index (κ2) is 49.7. The van der Waals surface area contributed by atoms with Crippen LogP contribution < -0.4 is 0 Å². The maximum absolute atomic E-state index is 13.3. The summed E-state index contributed by atoms with van der Waals surface area (Å²) in [6, 6.07) is 0.722. The van der Waals surface area contributed by atoms with Crippen molar-refractivity contribution in [2.75, 3.05) is 78.5 Å². The summed E-state index contributed by atoms with van der Waals surface area (Å²) in [5.74, 6) is 0.245. The third-order valence-electron chi connectivity index (χ3n) is 14.0. The van der Waals surface area contributed by atoms with E-state index in [1.807, 2.05) is 4.90 Å². The van der Waals surface area contributed by atoms with Crippen LogP contribution in [0.3, 0.4) is 0 Å². The first-order valence-electron chi connectivity index (χ1n) is 29.0. The van der Waals surface area contributed by atoms with Gasteiger partial charge in [-0.15, -0.1) is 0 Å². The highest BCUT2D eigenvalue weighted by molar-refractivity contribution is 5.78. The van der Waals surface area contributed by atoms with Gasteiger partial charge in [0.25, 0.3) is 0 Å². The number of rotatable bonds is 47. The van der Waals surface area contributed by atoms with Gasteiger partial charge in [-0.05, 0) is 78.7 Å². The largest absolute Gasteiger partial charge is 0.342 e. The van der Waals surface area contributed by atoms with Gasteiger partial charge in [-0.25, -0.2) is 0 Å². The predicted octanol–water partition coefficient (Wildman–Crippen LogP) is 15.3. The van der Waals surface area contributed by atoms with Gasteiger partial charge in [0, 0.05) is 45.3 Å². The minimum atomic E-state index is 0.245. The van der Waals surface area contributed by atoms with Gasteiger partial charge in [-0.1, -0.05) is 227 Å². The Labute approximate surface area is 402 Å². The van der Waals surface area contributed by atoms with Gasteiger partial charge in [0.15, 0.2) is 0 Å². The molecule has 0 spiro atoms. The van der Waals surface area contributed by atoms with Crippen molar-refractivity contribution in [2.24, 2.45) is 0 Å². The van der Waals surface area contributed by atoms with Crippen LogP contribution in [0.1, 0.15) is 273 Å². The molecule has 0 aliphatic carbocycles. The quantitative estimate of drug-likeness (QED) is 0.0450. The molecule has 7 heteroatoms. The van der Waals surface area contributed by atoms with Crippen molar-refractivity contribution in [1.82, 2.24) is 24.5 Å². The third kappa shape index (κ3) is 41.0. The Bertz CT molecular complexity index is 905. The summed E-state index contributed by atoms with van der Waals surface area (Å²) < 4.78 is 0. The Morgan fingerprint density at radius 1 is 0.391 bits per heavy atom. The first kappa shape index (κ1) is 62.8. The first-order chi connectivity index (χ1) is 31.4. The highest BCUT2D eigenvalue weighted by Crippen LogP contribution is 2.14. The topological polar surface area (TPSA) is 50.3 Å². The van der Waals surface area contributed by atoms with E-state index in [0.29, 0.717) is 32.7 Å². The zero-order chi connectivity index (χ0) is 47.0. The number of hydrogen-bond acceptors (Lipinski definition) is 5. The van der Waals surface area contributed by atoms with Gasteiger partial charge < -0.3 is 19.6 Å². The minimum absolute atomic E-state index is 0.245. The predicted molar refractivity (Wildman–Crippen MR) is 284 cm³/mol. The van der Waals surface area contributed by atoms with Crippen LogP contribution in [0, 0.1) is 0 Å². The van der Waals surface area contributed by atoms with Crippen LogP contribution >= 0.6 is 0 Å². The maximum atomic E-state index is 13.3. The molecule has 64 heavy (non-hydrogen) atoms. The van der Waals surface area contributed by atoms with Crippen LogP contribution in [0.15, 0.2) is 0 Å². The molecule has 1 fully saturated rings. The monoisotopic (exact) mass is 904 g/mol. The molecule has 1 rings (SSSR count). The van der Waals surface area contributed by atoms with Crippen LogP contribution in [0.5, 0.6) is 0 Å². The van der Waals surface area contributed by atoms with Gasteiger partial charge in [-0.3, -0.25) is 14.5 Å². The molecule has 1 aliphatic heterocycles. The molecule has 1 heterocycles. The zero-order valence-corrected chi connectivity index (χ0v) is 44.9. The molecule has 1 aliphatic rings. The van der Waals surface area contributed by atoms with E-state index < -0.39 is 0 Å². The van der Waals surface area contributed by atoms with Gasteiger partial charge in [0.1, 0.15) is 0 Å². The fourth-order valence-corrected chi connectivity index (χ4v) is 9.31. The van der Waals surface area contributed by atoms with E-state index in [4.69, 9.17) is 0 Å². The third-order valence-corrected chi connectivity index (χ3v) is 14.0. The summed E-state index contributed by atoms with van der Waals surface area (Å²) >= 11 is 0. The van der Waals surface area contributed by atoms with Crippen molar-refractivity contribution in [3.8, 4) is 0 Å². The number of unbranched alkanes of at least 4 members (excludes halogenated alkanes) is 30. The van der Waals surface area contributed by atoms with E-state index in [0.717, 1.165) is 32.1 Å². The summed E-state index contributed by atoms with van der Waals surface area (Å²) in [5.41, 5.74) is 0. The highest BCUT2D eigenvalue weighted by Gasteiger charge is 2.22. The molecule has 0 bridgehead atoms. The maximum Gasteiger partial charge on any atom is 0.236 e. The van der Waals surface area contributed by atoms with Crippen molar-refractivity contribution in [1.29, 1.82) is 0 Å². The SMILES string of the molecule is CCCCCCCCCN(CCCCCCCCC)C(C)C.CCCCCCCCCN(CCCCCCCCC)CCN(CCCCCCCCC)CC(=O)N1CCN(C=O)CC1. The Kier molecular flexibility index (Phi) is 48.8. The summed E-state index contributed by atoms with van der Waals surface area (Å²) in [7, 11) is 0. The highest BCUT2D eigenvalue weighted by atomic mass is 16.2. The van der Waals surface area contributed by atoms with Crippen LogP contribution in [0.25, 0.3) is 0 Å². The normalized spacial score (nSPS) is 13.2. The van der Waals surface area contributed by atoms with E-state index in [1.54, 1.807) is 4.90 Å². The number of hydrogen-bond donors (Lipinski definition) is 0. The molecule has 0 aromatic rings. The Balaban J connectivity index is 0.00000152. The number of carbonyl (C=O) groups excluding carboxylic acids is 2. The molecule has 0 atom stereocenters. The van der Waals surface area contributed by atoms with E-state index >= 15 is 0 Å². The number of carbonyl (C=O) groups is 2. The second-order valence-corrected chi connectivity index (χ2v) is 20.4. The Morgan fingerprint density at radius 2 is 0.672 bits per heavy atom. The van der Waals surface area contributed by atoms with Crippen molar-refractivity contribution in [3.05, 3.63) is 0 Å². The lowest BCUT2D eigenvalue weighted by Gasteiger charge is -2.34. The lowest BCUT2D eigenvalue weighted by Crippen LogP contribution is -2.51. The van der Waals surface area contributed by atoms with Gasteiger partial charge in [0.05, 0.1) is 6.54 Å². The Hall–Kier alpha value is -1.18. The molecular weight excluding hydrogens is 787 g/mol. The lowest BCUT2D eigenvalue weighted by atomic mass is 10.1. The number of piperazine rings is 1. The van der Waals surface area contributed by atoms with Crippen LogP contribution in [-0.2, 0) is 9.59 Å². The van der Waals surface area contributed by atoms with Gasteiger partial charge in [-0.2, -0.15) is 0 Å². The summed E-state index contributed by atoms with van der Waals surface area (Å²) in [4.78, 5) is 36.0. The van der Waals surface area contributed by atoms with Crippen molar-refractivity contribution in [2.45, 2.75) is 279 Å². The zero-order valence-electron chi connectivity index (χ0n) is 44.9. The fourth-order valence-electron chi connectivity index (χ4n) is 9.31.